The monoisotopic (exact) mass is 477 g/mol. The second-order valence-electron chi connectivity index (χ2n) is 7.28. The minimum Gasteiger partial charge on any atom is -0.494 e. The zero-order valence-electron chi connectivity index (χ0n) is 19.1. The van der Waals surface area contributed by atoms with Crippen molar-refractivity contribution in [2.45, 2.75) is 33.1 Å². The molecule has 0 unspecified atom stereocenters. The molecule has 0 spiro atoms. The Kier molecular flexibility index (Phi) is 8.11. The second kappa shape index (κ2) is 11.0. The second-order valence-corrected chi connectivity index (χ2v) is 7.28. The van der Waals surface area contributed by atoms with Crippen molar-refractivity contribution in [3.63, 3.8) is 0 Å². The van der Waals surface area contributed by atoms with Crippen LogP contribution in [0.15, 0.2) is 43.4 Å². The molecule has 0 amide bonds. The fourth-order valence-corrected chi connectivity index (χ4v) is 3.03. The van der Waals surface area contributed by atoms with Gasteiger partial charge in [-0.3, -0.25) is 0 Å². The topological polar surface area (TPSA) is 83.3 Å². The average Bonchev–Trinajstić information content (AvgIpc) is 3.22. The van der Waals surface area contributed by atoms with E-state index in [9.17, 15) is 13.2 Å². The molecule has 1 N–H and O–H groups in total. The van der Waals surface area contributed by atoms with Gasteiger partial charge in [0.05, 0.1) is 56.8 Å². The van der Waals surface area contributed by atoms with Gasteiger partial charge in [0.15, 0.2) is 0 Å². The van der Waals surface area contributed by atoms with Gasteiger partial charge in [-0.2, -0.15) is 13.2 Å². The number of methoxy groups -OCH3 is 1. The molecule has 1 aromatic carbocycles. The van der Waals surface area contributed by atoms with Crippen LogP contribution in [0.1, 0.15) is 30.4 Å². The van der Waals surface area contributed by atoms with Crippen LogP contribution in [0.3, 0.4) is 0 Å². The first-order valence-electron chi connectivity index (χ1n) is 10.5. The van der Waals surface area contributed by atoms with Crippen molar-refractivity contribution < 1.29 is 27.4 Å². The molecule has 34 heavy (non-hydrogen) atoms. The lowest BCUT2D eigenvalue weighted by atomic mass is 10.2. The highest BCUT2D eigenvalue weighted by Gasteiger charge is 2.26. The molecule has 0 aliphatic carbocycles. The van der Waals surface area contributed by atoms with Gasteiger partial charge in [0, 0.05) is 18.0 Å². The zero-order valence-corrected chi connectivity index (χ0v) is 19.1. The summed E-state index contributed by atoms with van der Waals surface area (Å²) >= 11 is 0. The fourth-order valence-electron chi connectivity index (χ4n) is 3.03. The minimum absolute atomic E-state index is 0.123. The van der Waals surface area contributed by atoms with E-state index in [-0.39, 0.29) is 12.6 Å². The first kappa shape index (κ1) is 25.0. The highest BCUT2D eigenvalue weighted by atomic mass is 19.4. The van der Waals surface area contributed by atoms with Crippen LogP contribution in [-0.4, -0.2) is 46.0 Å². The molecule has 182 valence electrons. The summed E-state index contributed by atoms with van der Waals surface area (Å²) < 4.78 is 55.1. The number of halogens is 3. The highest BCUT2D eigenvalue weighted by molar-refractivity contribution is 5.63. The van der Waals surface area contributed by atoms with Crippen molar-refractivity contribution in [1.82, 2.24) is 19.5 Å². The van der Waals surface area contributed by atoms with Crippen LogP contribution in [0.5, 0.6) is 5.75 Å². The number of hydrogen-bond donors (Lipinski definition) is 1. The Labute approximate surface area is 195 Å². The Balaban J connectivity index is 1.83. The zero-order chi connectivity index (χ0) is 24.7. The van der Waals surface area contributed by atoms with Crippen molar-refractivity contribution in [3.05, 3.63) is 60.5 Å². The van der Waals surface area contributed by atoms with Gasteiger partial charge in [-0.05, 0) is 32.0 Å². The van der Waals surface area contributed by atoms with E-state index in [2.05, 4.69) is 26.8 Å². The maximum atomic E-state index is 12.4. The van der Waals surface area contributed by atoms with Gasteiger partial charge in [-0.25, -0.2) is 15.0 Å². The summed E-state index contributed by atoms with van der Waals surface area (Å²) in [6.45, 7) is 7.34. The van der Waals surface area contributed by atoms with Gasteiger partial charge < -0.3 is 24.1 Å². The lowest BCUT2D eigenvalue weighted by Crippen LogP contribution is -2.12. The lowest BCUT2D eigenvalue weighted by molar-refractivity contribution is -0.146. The van der Waals surface area contributed by atoms with Gasteiger partial charge >= 0.3 is 6.18 Å². The Hall–Kier alpha value is -3.60. The van der Waals surface area contributed by atoms with Crippen LogP contribution in [0, 0.1) is 6.92 Å². The summed E-state index contributed by atoms with van der Waals surface area (Å²) in [5, 5.41) is 3.10. The maximum absolute atomic E-state index is 12.4. The van der Waals surface area contributed by atoms with E-state index in [0.717, 1.165) is 11.4 Å². The van der Waals surface area contributed by atoms with Gasteiger partial charge in [0.2, 0.25) is 5.95 Å². The smallest absolute Gasteiger partial charge is 0.391 e. The number of benzene rings is 1. The number of aromatic nitrogens is 4. The molecule has 0 radical (unpaired) electrons. The van der Waals surface area contributed by atoms with Crippen molar-refractivity contribution in [2.75, 3.05) is 25.6 Å². The Morgan fingerprint density at radius 2 is 2.00 bits per heavy atom. The molecule has 3 aromatic rings. The van der Waals surface area contributed by atoms with Crippen molar-refractivity contribution in [3.8, 4) is 11.4 Å². The van der Waals surface area contributed by atoms with Crippen molar-refractivity contribution >= 4 is 17.4 Å². The van der Waals surface area contributed by atoms with Gasteiger partial charge in [0.25, 0.3) is 0 Å². The molecule has 0 bridgehead atoms. The predicted octanol–water partition coefficient (Wildman–Crippen LogP) is 5.20. The molecule has 11 heteroatoms. The highest BCUT2D eigenvalue weighted by Crippen LogP contribution is 2.28. The lowest BCUT2D eigenvalue weighted by Gasteiger charge is -2.14. The average molecular weight is 477 g/mol. The Morgan fingerprint density at radius 1 is 1.21 bits per heavy atom. The first-order chi connectivity index (χ1) is 16.2. The standard InChI is InChI=1S/C23H26F3N5O3/c1-5-34-16(3)19-10-18(13-33-9-8-23(24,25)26)29-22(30-19)28-17-6-7-20(21(11-17)32-4)31-12-15(2)27-14-31/h6-7,10-12,14H,3,5,8-9,13H2,1-2,4H3,(H,28,29,30). The molecule has 2 heterocycles. The van der Waals surface area contributed by atoms with E-state index in [0.29, 0.717) is 35.2 Å². The van der Waals surface area contributed by atoms with Crippen molar-refractivity contribution in [2.24, 2.45) is 0 Å². The number of imidazole rings is 1. The molecule has 0 fully saturated rings. The van der Waals surface area contributed by atoms with Crippen LogP contribution < -0.4 is 10.1 Å². The summed E-state index contributed by atoms with van der Waals surface area (Å²) in [4.78, 5) is 13.0. The third kappa shape index (κ3) is 6.95. The molecular weight excluding hydrogens is 451 g/mol. The quantitative estimate of drug-likeness (QED) is 0.300. The van der Waals surface area contributed by atoms with E-state index in [1.54, 1.807) is 25.6 Å². The Bertz CT molecular complexity index is 1130. The molecule has 2 aromatic heterocycles. The summed E-state index contributed by atoms with van der Waals surface area (Å²) in [5.41, 5.74) is 3.08. The van der Waals surface area contributed by atoms with Crippen LogP contribution >= 0.6 is 0 Å². The fraction of sp³-hybridized carbons (Fsp3) is 0.348. The molecule has 0 aliphatic heterocycles. The number of anilines is 2. The van der Waals surface area contributed by atoms with Gasteiger partial charge in [0.1, 0.15) is 17.2 Å². The van der Waals surface area contributed by atoms with Gasteiger partial charge in [-0.15, -0.1) is 0 Å². The molecule has 0 saturated carbocycles. The number of alkyl halides is 3. The van der Waals surface area contributed by atoms with Crippen LogP contribution in [0.4, 0.5) is 24.8 Å². The molecule has 8 nitrogen and oxygen atoms in total. The van der Waals surface area contributed by atoms with E-state index in [4.69, 9.17) is 14.2 Å². The minimum atomic E-state index is -4.28. The molecule has 0 saturated heterocycles. The molecule has 0 atom stereocenters. The summed E-state index contributed by atoms with van der Waals surface area (Å²) in [7, 11) is 1.56. The van der Waals surface area contributed by atoms with Crippen LogP contribution in [0.25, 0.3) is 11.4 Å². The third-order valence-corrected chi connectivity index (χ3v) is 4.59. The predicted molar refractivity (Wildman–Crippen MR) is 121 cm³/mol. The van der Waals surface area contributed by atoms with Crippen LogP contribution in [-0.2, 0) is 16.1 Å². The van der Waals surface area contributed by atoms with E-state index >= 15 is 0 Å². The molecule has 3 rings (SSSR count). The normalized spacial score (nSPS) is 11.4. The summed E-state index contributed by atoms with van der Waals surface area (Å²) in [6.07, 6.45) is -1.75. The first-order valence-corrected chi connectivity index (χ1v) is 10.5. The van der Waals surface area contributed by atoms with E-state index in [1.807, 2.05) is 36.7 Å². The van der Waals surface area contributed by atoms with E-state index in [1.165, 1.54) is 0 Å². The number of ether oxygens (including phenoxy) is 3. The number of aryl methyl sites for hydroxylation is 1. The molecular formula is C23H26F3N5O3. The SMILES string of the molecule is C=C(OCC)c1cc(COCCC(F)(F)F)nc(Nc2ccc(-n3cnc(C)c3)c(OC)c2)n1. The number of nitrogens with one attached hydrogen (secondary N) is 1. The van der Waals surface area contributed by atoms with E-state index < -0.39 is 19.2 Å². The summed E-state index contributed by atoms with van der Waals surface area (Å²) in [5.74, 6) is 1.11. The maximum Gasteiger partial charge on any atom is 0.391 e. The number of nitrogens with zero attached hydrogens (tertiary/aromatic N) is 4. The van der Waals surface area contributed by atoms with Crippen molar-refractivity contribution in [1.29, 1.82) is 0 Å². The number of rotatable bonds is 11. The number of hydrogen-bond acceptors (Lipinski definition) is 7. The largest absolute Gasteiger partial charge is 0.494 e. The van der Waals surface area contributed by atoms with Crippen LogP contribution in [0.2, 0.25) is 0 Å². The van der Waals surface area contributed by atoms with Gasteiger partial charge in [-0.1, -0.05) is 6.58 Å². The molecule has 0 aliphatic rings. The summed E-state index contributed by atoms with van der Waals surface area (Å²) in [6, 6.07) is 7.02. The third-order valence-electron chi connectivity index (χ3n) is 4.59. The Morgan fingerprint density at radius 3 is 2.65 bits per heavy atom.